The van der Waals surface area contributed by atoms with Gasteiger partial charge in [0.05, 0.1) is 11.5 Å². The first kappa shape index (κ1) is 11.3. The number of aliphatic hydroxyl groups excluding tert-OH is 1. The Balaban J connectivity index is 2.71. The van der Waals surface area contributed by atoms with Gasteiger partial charge in [-0.05, 0) is 12.8 Å². The molecule has 0 radical (unpaired) electrons. The highest BCUT2D eigenvalue weighted by molar-refractivity contribution is 7.90. The van der Waals surface area contributed by atoms with E-state index in [0.717, 1.165) is 19.2 Å². The second kappa shape index (κ2) is 4.03. The number of nitrogens with one attached hydrogen (secondary N) is 1. The van der Waals surface area contributed by atoms with Crippen LogP contribution in [0.1, 0.15) is 17.5 Å². The second-order valence-electron chi connectivity index (χ2n) is 3.90. The van der Waals surface area contributed by atoms with Crippen molar-refractivity contribution in [3.63, 3.8) is 0 Å². The lowest BCUT2D eigenvalue weighted by molar-refractivity contribution is 0.277. The normalized spacial score (nSPS) is 15.4. The Hall–Kier alpha value is -1.14. The molecule has 0 saturated heterocycles. The Morgan fingerprint density at radius 3 is 2.94 bits per heavy atom. The molecule has 2 rings (SSSR count). The molecule has 1 aliphatic heterocycles. The summed E-state index contributed by atoms with van der Waals surface area (Å²) in [7, 11) is -3.33. The Morgan fingerprint density at radius 2 is 2.31 bits per heavy atom. The van der Waals surface area contributed by atoms with Gasteiger partial charge in [-0.3, -0.25) is 0 Å². The summed E-state index contributed by atoms with van der Waals surface area (Å²) in [6.45, 7) is 0.504. The number of nitrogens with zero attached hydrogens (tertiary/aromatic N) is 1. The van der Waals surface area contributed by atoms with Crippen LogP contribution in [0, 0.1) is 0 Å². The summed E-state index contributed by atoms with van der Waals surface area (Å²) in [5.74, 6) is 0.629. The molecule has 1 aliphatic rings. The Labute approximate surface area is 94.4 Å². The molecule has 0 aliphatic carbocycles. The second-order valence-corrected chi connectivity index (χ2v) is 5.85. The van der Waals surface area contributed by atoms with Gasteiger partial charge in [0.25, 0.3) is 0 Å². The van der Waals surface area contributed by atoms with E-state index in [1.165, 1.54) is 6.20 Å². The van der Waals surface area contributed by atoms with Crippen molar-refractivity contribution in [1.82, 2.24) is 4.98 Å². The van der Waals surface area contributed by atoms with Gasteiger partial charge in [0.15, 0.2) is 9.84 Å². The third kappa shape index (κ3) is 1.90. The maximum Gasteiger partial charge on any atom is 0.176 e. The van der Waals surface area contributed by atoms with Gasteiger partial charge in [-0.1, -0.05) is 0 Å². The van der Waals surface area contributed by atoms with Crippen molar-refractivity contribution < 1.29 is 13.5 Å². The maximum atomic E-state index is 11.7. The van der Waals surface area contributed by atoms with E-state index in [0.29, 0.717) is 23.4 Å². The number of aromatic nitrogens is 1. The van der Waals surface area contributed by atoms with Crippen LogP contribution in [0.5, 0.6) is 0 Å². The van der Waals surface area contributed by atoms with Gasteiger partial charge in [0, 0.05) is 30.1 Å². The average Bonchev–Trinajstić information content (AvgIpc) is 2.26. The highest BCUT2D eigenvalue weighted by Crippen LogP contribution is 2.29. The van der Waals surface area contributed by atoms with E-state index >= 15 is 0 Å². The number of aliphatic hydroxyl groups is 1. The highest BCUT2D eigenvalue weighted by atomic mass is 32.2. The largest absolute Gasteiger partial charge is 0.392 e. The number of fused-ring (bicyclic) bond motifs is 1. The molecule has 0 unspecified atom stereocenters. The Bertz CT molecular complexity index is 511. The third-order valence-electron chi connectivity index (χ3n) is 2.64. The SMILES string of the molecule is CS(=O)(=O)c1c(CO)cnc2c1CCCN2. The van der Waals surface area contributed by atoms with Crippen molar-refractivity contribution in [3.05, 3.63) is 17.3 Å². The number of rotatable bonds is 2. The van der Waals surface area contributed by atoms with Crippen molar-refractivity contribution in [2.75, 3.05) is 18.1 Å². The molecular formula is C10H14N2O3S. The lowest BCUT2D eigenvalue weighted by Gasteiger charge is -2.20. The van der Waals surface area contributed by atoms with Crippen LogP contribution in [0.15, 0.2) is 11.1 Å². The predicted molar refractivity (Wildman–Crippen MR) is 60.1 cm³/mol. The zero-order chi connectivity index (χ0) is 11.8. The zero-order valence-corrected chi connectivity index (χ0v) is 9.84. The summed E-state index contributed by atoms with van der Waals surface area (Å²) >= 11 is 0. The van der Waals surface area contributed by atoms with Crippen LogP contribution in [0.2, 0.25) is 0 Å². The first-order chi connectivity index (χ1) is 7.54. The van der Waals surface area contributed by atoms with Crippen LogP contribution in [0.25, 0.3) is 0 Å². The quantitative estimate of drug-likeness (QED) is 0.781. The number of hydrogen-bond donors (Lipinski definition) is 2. The third-order valence-corrected chi connectivity index (χ3v) is 3.89. The van der Waals surface area contributed by atoms with Crippen LogP contribution in [0.3, 0.4) is 0 Å². The standard InChI is InChI=1S/C10H14N2O3S/c1-16(14,15)9-7(6-13)5-12-10-8(9)3-2-4-11-10/h5,13H,2-4,6H2,1H3,(H,11,12). The van der Waals surface area contributed by atoms with Crippen LogP contribution in [0.4, 0.5) is 5.82 Å². The van der Waals surface area contributed by atoms with Gasteiger partial charge in [0.2, 0.25) is 0 Å². The monoisotopic (exact) mass is 242 g/mol. The lowest BCUT2D eigenvalue weighted by atomic mass is 10.1. The van der Waals surface area contributed by atoms with E-state index in [1.54, 1.807) is 0 Å². The van der Waals surface area contributed by atoms with E-state index in [2.05, 4.69) is 10.3 Å². The number of pyridine rings is 1. The van der Waals surface area contributed by atoms with Gasteiger partial charge < -0.3 is 10.4 Å². The van der Waals surface area contributed by atoms with E-state index in [1.807, 2.05) is 0 Å². The van der Waals surface area contributed by atoms with Crippen LogP contribution < -0.4 is 5.32 Å². The fourth-order valence-corrected chi connectivity index (χ4v) is 3.25. The van der Waals surface area contributed by atoms with Crippen molar-refractivity contribution in [2.24, 2.45) is 0 Å². The van der Waals surface area contributed by atoms with Gasteiger partial charge >= 0.3 is 0 Å². The molecule has 1 aromatic rings. The van der Waals surface area contributed by atoms with Crippen molar-refractivity contribution >= 4 is 15.7 Å². The molecule has 0 aromatic carbocycles. The van der Waals surface area contributed by atoms with E-state index in [9.17, 15) is 8.42 Å². The van der Waals surface area contributed by atoms with E-state index < -0.39 is 9.84 Å². The Kier molecular flexibility index (Phi) is 2.86. The van der Waals surface area contributed by atoms with Gasteiger partial charge in [0.1, 0.15) is 5.82 Å². The van der Waals surface area contributed by atoms with E-state index in [4.69, 9.17) is 5.11 Å². The number of anilines is 1. The van der Waals surface area contributed by atoms with Gasteiger partial charge in [-0.15, -0.1) is 0 Å². The smallest absolute Gasteiger partial charge is 0.176 e. The predicted octanol–water partition coefficient (Wildman–Crippen LogP) is 0.335. The molecule has 88 valence electrons. The van der Waals surface area contributed by atoms with E-state index in [-0.39, 0.29) is 11.5 Å². The molecule has 6 heteroatoms. The molecule has 16 heavy (non-hydrogen) atoms. The first-order valence-electron chi connectivity index (χ1n) is 5.09. The minimum absolute atomic E-state index is 0.243. The molecular weight excluding hydrogens is 228 g/mol. The van der Waals surface area contributed by atoms with Crippen molar-refractivity contribution in [1.29, 1.82) is 0 Å². The van der Waals surface area contributed by atoms with Crippen molar-refractivity contribution in [2.45, 2.75) is 24.3 Å². The summed E-state index contributed by atoms with van der Waals surface area (Å²) in [5, 5.41) is 12.2. The Morgan fingerprint density at radius 1 is 1.56 bits per heavy atom. The molecule has 0 saturated carbocycles. The fraction of sp³-hybridized carbons (Fsp3) is 0.500. The molecule has 5 nitrogen and oxygen atoms in total. The summed E-state index contributed by atoms with van der Waals surface area (Å²) in [6, 6.07) is 0. The molecule has 0 bridgehead atoms. The average molecular weight is 242 g/mol. The van der Waals surface area contributed by atoms with Crippen LogP contribution in [-0.2, 0) is 22.9 Å². The molecule has 0 spiro atoms. The van der Waals surface area contributed by atoms with Crippen LogP contribution >= 0.6 is 0 Å². The molecule has 0 atom stereocenters. The minimum atomic E-state index is -3.33. The minimum Gasteiger partial charge on any atom is -0.392 e. The molecule has 0 fully saturated rings. The maximum absolute atomic E-state index is 11.7. The molecule has 2 heterocycles. The molecule has 2 N–H and O–H groups in total. The number of sulfone groups is 1. The highest BCUT2D eigenvalue weighted by Gasteiger charge is 2.23. The molecule has 1 aromatic heterocycles. The zero-order valence-electron chi connectivity index (χ0n) is 9.02. The number of hydrogen-bond acceptors (Lipinski definition) is 5. The van der Waals surface area contributed by atoms with Crippen LogP contribution in [-0.4, -0.2) is 31.3 Å². The fourth-order valence-electron chi connectivity index (χ4n) is 2.01. The topological polar surface area (TPSA) is 79.3 Å². The molecule has 0 amide bonds. The van der Waals surface area contributed by atoms with Gasteiger partial charge in [-0.2, -0.15) is 0 Å². The van der Waals surface area contributed by atoms with Gasteiger partial charge in [-0.25, -0.2) is 13.4 Å². The summed E-state index contributed by atoms with van der Waals surface area (Å²) in [4.78, 5) is 4.37. The summed E-state index contributed by atoms with van der Waals surface area (Å²) in [6.07, 6.45) is 4.15. The lowest BCUT2D eigenvalue weighted by Crippen LogP contribution is -2.18. The summed E-state index contributed by atoms with van der Waals surface area (Å²) in [5.41, 5.74) is 1.09. The summed E-state index contributed by atoms with van der Waals surface area (Å²) < 4.78 is 23.4. The first-order valence-corrected chi connectivity index (χ1v) is 6.98. The van der Waals surface area contributed by atoms with Crippen molar-refractivity contribution in [3.8, 4) is 0 Å².